The summed E-state index contributed by atoms with van der Waals surface area (Å²) >= 11 is 7.02. The van der Waals surface area contributed by atoms with Gasteiger partial charge in [0.2, 0.25) is 5.69 Å². The average Bonchev–Trinajstić information content (AvgIpc) is 3.01. The number of aryl methyl sites for hydroxylation is 2. The zero-order valence-corrected chi connectivity index (χ0v) is 26.5. The third-order valence-electron chi connectivity index (χ3n) is 8.88. The number of hydrogen-bond donors (Lipinski definition) is 1. The summed E-state index contributed by atoms with van der Waals surface area (Å²) in [5, 5.41) is 9.59. The fraction of sp³-hybridized carbons (Fsp3) is 0.256. The van der Waals surface area contributed by atoms with Gasteiger partial charge in [-0.2, -0.15) is 4.58 Å². The fourth-order valence-corrected chi connectivity index (χ4v) is 6.54. The average molecular weight is 574 g/mol. The van der Waals surface area contributed by atoms with Crippen LogP contribution in [0.2, 0.25) is 0 Å². The molecule has 0 fully saturated rings. The molecule has 0 amide bonds. The molecule has 1 aliphatic rings. The second-order valence-electron chi connectivity index (χ2n) is 11.5. The molecule has 3 heteroatoms. The summed E-state index contributed by atoms with van der Waals surface area (Å²) in [7, 11) is 4.18. The number of nitrogens with one attached hydrogen (secondary N) is 1. The molecule has 42 heavy (non-hydrogen) atoms. The molecule has 4 aromatic rings. The standard InChI is InChI=1S/C39H42ClN2/c1-26(39(41-5)36-24-22-30-12-7-9-16-34(30)28(36)3)18-20-32-14-11-15-33(38(32)40)21-19-27(2)42(6)37-25-23-31-13-8-10-17-35(31)29(37)4/h7-10,12-13,16-25,39,41H,11,14-15H2,1-6H3/q+1/b21-19+,26-18+,32-20+,42-27?. The highest BCUT2D eigenvalue weighted by Gasteiger charge is 2.18. The number of nitrogens with zero attached hydrogens (tertiary/aromatic N) is 1. The van der Waals surface area contributed by atoms with Crippen LogP contribution in [0, 0.1) is 13.8 Å². The molecule has 0 aliphatic heterocycles. The van der Waals surface area contributed by atoms with E-state index in [1.165, 1.54) is 66.4 Å². The van der Waals surface area contributed by atoms with Crippen LogP contribution in [0.3, 0.4) is 0 Å². The first-order valence-corrected chi connectivity index (χ1v) is 15.3. The van der Waals surface area contributed by atoms with Crippen LogP contribution >= 0.6 is 11.6 Å². The molecule has 1 N–H and O–H groups in total. The molecular formula is C39H42ClN2+. The van der Waals surface area contributed by atoms with Crippen molar-refractivity contribution in [3.8, 4) is 0 Å². The van der Waals surface area contributed by atoms with Crippen molar-refractivity contribution >= 4 is 44.5 Å². The number of allylic oxidation sites excluding steroid dienone is 7. The molecule has 0 radical (unpaired) electrons. The Labute approximate surface area is 256 Å². The summed E-state index contributed by atoms with van der Waals surface area (Å²) in [4.78, 5) is 0. The van der Waals surface area contributed by atoms with E-state index in [2.05, 4.69) is 142 Å². The predicted octanol–water partition coefficient (Wildman–Crippen LogP) is 10.4. The van der Waals surface area contributed by atoms with Crippen LogP contribution in [-0.4, -0.2) is 24.4 Å². The van der Waals surface area contributed by atoms with Gasteiger partial charge in [-0.05, 0) is 97.0 Å². The normalized spacial score (nSPS) is 17.0. The van der Waals surface area contributed by atoms with E-state index in [9.17, 15) is 0 Å². The van der Waals surface area contributed by atoms with Gasteiger partial charge in [-0.3, -0.25) is 0 Å². The summed E-state index contributed by atoms with van der Waals surface area (Å²) in [6.07, 6.45) is 12.0. The minimum absolute atomic E-state index is 0.142. The predicted molar refractivity (Wildman–Crippen MR) is 183 cm³/mol. The van der Waals surface area contributed by atoms with E-state index in [-0.39, 0.29) is 6.04 Å². The monoisotopic (exact) mass is 573 g/mol. The maximum atomic E-state index is 7.02. The number of likely N-dealkylation sites (N-methyl/N-ethyl adjacent to an activating group) is 1. The van der Waals surface area contributed by atoms with Crippen molar-refractivity contribution in [3.05, 3.63) is 136 Å². The molecule has 214 valence electrons. The number of fused-ring (bicyclic) bond motifs is 2. The Morgan fingerprint density at radius 2 is 1.50 bits per heavy atom. The van der Waals surface area contributed by atoms with Gasteiger partial charge < -0.3 is 5.32 Å². The molecular weight excluding hydrogens is 532 g/mol. The Morgan fingerprint density at radius 1 is 0.857 bits per heavy atom. The van der Waals surface area contributed by atoms with Crippen molar-refractivity contribution in [2.75, 3.05) is 14.1 Å². The molecule has 4 aromatic carbocycles. The van der Waals surface area contributed by atoms with E-state index >= 15 is 0 Å². The molecule has 0 saturated carbocycles. The molecule has 1 atom stereocenters. The molecule has 2 nitrogen and oxygen atoms in total. The fourth-order valence-electron chi connectivity index (χ4n) is 6.22. The quantitative estimate of drug-likeness (QED) is 0.172. The van der Waals surface area contributed by atoms with E-state index in [4.69, 9.17) is 11.6 Å². The van der Waals surface area contributed by atoms with Crippen LogP contribution in [0.1, 0.15) is 55.8 Å². The van der Waals surface area contributed by atoms with E-state index < -0.39 is 0 Å². The highest BCUT2D eigenvalue weighted by Crippen LogP contribution is 2.35. The smallest absolute Gasteiger partial charge is 0.208 e. The van der Waals surface area contributed by atoms with Crippen LogP contribution in [0.15, 0.2) is 119 Å². The zero-order valence-electron chi connectivity index (χ0n) is 25.8. The van der Waals surface area contributed by atoms with Gasteiger partial charge in [0.15, 0.2) is 5.71 Å². The molecule has 1 unspecified atom stereocenters. The maximum absolute atomic E-state index is 7.02. The second kappa shape index (κ2) is 13.1. The van der Waals surface area contributed by atoms with Gasteiger partial charge >= 0.3 is 0 Å². The first kappa shape index (κ1) is 29.8. The van der Waals surface area contributed by atoms with Gasteiger partial charge in [-0.1, -0.05) is 96.1 Å². The van der Waals surface area contributed by atoms with Crippen LogP contribution in [-0.2, 0) is 0 Å². The van der Waals surface area contributed by atoms with Crippen molar-refractivity contribution in [2.24, 2.45) is 0 Å². The molecule has 0 aromatic heterocycles. The van der Waals surface area contributed by atoms with E-state index in [0.717, 1.165) is 24.3 Å². The molecule has 0 spiro atoms. The van der Waals surface area contributed by atoms with Crippen LogP contribution in [0.5, 0.6) is 0 Å². The summed E-state index contributed by atoms with van der Waals surface area (Å²) in [6.45, 7) is 8.80. The number of halogens is 1. The lowest BCUT2D eigenvalue weighted by Crippen LogP contribution is -2.18. The third-order valence-corrected chi connectivity index (χ3v) is 9.37. The van der Waals surface area contributed by atoms with E-state index in [0.29, 0.717) is 0 Å². The van der Waals surface area contributed by atoms with Crippen molar-refractivity contribution in [1.29, 1.82) is 0 Å². The van der Waals surface area contributed by atoms with Gasteiger partial charge in [0.25, 0.3) is 0 Å². The van der Waals surface area contributed by atoms with Gasteiger partial charge in [0.05, 0.1) is 6.04 Å². The lowest BCUT2D eigenvalue weighted by molar-refractivity contribution is -0.404. The minimum atomic E-state index is 0.142. The number of rotatable bonds is 7. The number of benzene rings is 4. The third kappa shape index (κ3) is 6.07. The Morgan fingerprint density at radius 3 is 2.19 bits per heavy atom. The Bertz CT molecular complexity index is 1800. The first-order valence-electron chi connectivity index (χ1n) is 15.0. The maximum Gasteiger partial charge on any atom is 0.208 e. The van der Waals surface area contributed by atoms with E-state index in [1.54, 1.807) is 0 Å². The number of hydrogen-bond acceptors (Lipinski definition) is 1. The Kier molecular flexibility index (Phi) is 9.26. The molecule has 0 saturated heterocycles. The van der Waals surface area contributed by atoms with Crippen LogP contribution in [0.4, 0.5) is 5.69 Å². The molecule has 0 bridgehead atoms. The van der Waals surface area contributed by atoms with Crippen LogP contribution < -0.4 is 5.32 Å². The highest BCUT2D eigenvalue weighted by atomic mass is 35.5. The lowest BCUT2D eigenvalue weighted by Gasteiger charge is -2.21. The lowest BCUT2D eigenvalue weighted by atomic mass is 9.91. The van der Waals surface area contributed by atoms with Gasteiger partial charge in [-0.15, -0.1) is 0 Å². The highest BCUT2D eigenvalue weighted by molar-refractivity contribution is 6.32. The molecule has 0 heterocycles. The second-order valence-corrected chi connectivity index (χ2v) is 11.9. The topological polar surface area (TPSA) is 15.0 Å². The van der Waals surface area contributed by atoms with Gasteiger partial charge in [0, 0.05) is 29.7 Å². The first-order chi connectivity index (χ1) is 20.3. The minimum Gasteiger partial charge on any atom is -0.310 e. The van der Waals surface area contributed by atoms with E-state index in [1.807, 2.05) is 7.05 Å². The van der Waals surface area contributed by atoms with Crippen molar-refractivity contribution in [1.82, 2.24) is 5.32 Å². The Hall–Kier alpha value is -3.72. The summed E-state index contributed by atoms with van der Waals surface area (Å²) in [6, 6.07) is 26.2. The summed E-state index contributed by atoms with van der Waals surface area (Å²) in [5.41, 5.74) is 10.0. The molecule has 1 aliphatic carbocycles. The van der Waals surface area contributed by atoms with Crippen molar-refractivity contribution in [2.45, 2.75) is 53.0 Å². The largest absolute Gasteiger partial charge is 0.310 e. The summed E-state index contributed by atoms with van der Waals surface area (Å²) in [5.74, 6) is 0. The van der Waals surface area contributed by atoms with Crippen molar-refractivity contribution in [3.63, 3.8) is 0 Å². The van der Waals surface area contributed by atoms with Gasteiger partial charge in [0.1, 0.15) is 7.05 Å². The van der Waals surface area contributed by atoms with Crippen molar-refractivity contribution < 1.29 is 4.58 Å². The summed E-state index contributed by atoms with van der Waals surface area (Å²) < 4.78 is 2.27. The SMILES string of the molecule is CNC(/C(C)=C/C=C1\CCCC(/C=C/C(C)=[N+](C)c2ccc3ccccc3c2C)=C1Cl)c1ccc2ccccc2c1C. The zero-order chi connectivity index (χ0) is 29.8. The Balaban J connectivity index is 1.40. The molecule has 5 rings (SSSR count). The van der Waals surface area contributed by atoms with Crippen LogP contribution in [0.25, 0.3) is 21.5 Å². The van der Waals surface area contributed by atoms with Gasteiger partial charge in [-0.25, -0.2) is 0 Å².